The lowest BCUT2D eigenvalue weighted by Crippen LogP contribution is -1.82. The molecule has 1 aromatic heterocycles. The first kappa shape index (κ1) is 7.73. The molecule has 2 rings (SSSR count). The van der Waals surface area contributed by atoms with Crippen LogP contribution in [0.1, 0.15) is 5.76 Å². The summed E-state index contributed by atoms with van der Waals surface area (Å²) >= 11 is 0. The van der Waals surface area contributed by atoms with Crippen LogP contribution in [0.3, 0.4) is 0 Å². The first-order valence-corrected chi connectivity index (χ1v) is 3.79. The molecule has 0 unspecified atom stereocenters. The summed E-state index contributed by atoms with van der Waals surface area (Å²) in [5, 5.41) is 0. The average molecular weight is 176 g/mol. The molecule has 0 saturated carbocycles. The normalized spacial score (nSPS) is 15.7. The number of hydrogen-bond donors (Lipinski definition) is 0. The van der Waals surface area contributed by atoms with Crippen molar-refractivity contribution in [3.63, 3.8) is 0 Å². The van der Waals surface area contributed by atoms with Gasteiger partial charge in [-0.25, -0.2) is 0 Å². The minimum absolute atomic E-state index is 0.514. The van der Waals surface area contributed by atoms with E-state index in [4.69, 9.17) is 13.9 Å². The number of allylic oxidation sites excluding steroid dienone is 1. The second-order valence-electron chi connectivity index (χ2n) is 2.46. The van der Waals surface area contributed by atoms with Crippen molar-refractivity contribution in [2.75, 3.05) is 0 Å². The minimum Gasteiger partial charge on any atom is -0.462 e. The Balaban J connectivity index is 2.32. The number of rotatable bonds is 1. The molecule has 13 heavy (non-hydrogen) atoms. The summed E-state index contributed by atoms with van der Waals surface area (Å²) in [6.45, 7) is 3.66. The van der Waals surface area contributed by atoms with E-state index in [0.29, 0.717) is 17.3 Å². The quantitative estimate of drug-likeness (QED) is 0.659. The van der Waals surface area contributed by atoms with Gasteiger partial charge in [0.2, 0.25) is 0 Å². The molecule has 0 bridgehead atoms. The predicted octanol–water partition coefficient (Wildman–Crippen LogP) is 2.65. The Morgan fingerprint density at radius 3 is 2.77 bits per heavy atom. The zero-order valence-electron chi connectivity index (χ0n) is 6.90. The van der Waals surface area contributed by atoms with Crippen LogP contribution < -0.4 is 0 Å². The molecule has 0 N–H and O–H groups in total. The standard InChI is InChI=1S/C10H8O3/c1-8-7-10(13-6-5-11-8)9-3-2-4-12-9/h2-7H,1H2. The molecule has 0 saturated heterocycles. The lowest BCUT2D eigenvalue weighted by molar-refractivity contribution is 0.351. The smallest absolute Gasteiger partial charge is 0.172 e. The second-order valence-corrected chi connectivity index (χ2v) is 2.46. The van der Waals surface area contributed by atoms with Crippen molar-refractivity contribution in [1.82, 2.24) is 0 Å². The molecular weight excluding hydrogens is 168 g/mol. The van der Waals surface area contributed by atoms with Crippen molar-refractivity contribution in [2.45, 2.75) is 0 Å². The van der Waals surface area contributed by atoms with E-state index in [0.717, 1.165) is 0 Å². The highest BCUT2D eigenvalue weighted by atomic mass is 16.5. The van der Waals surface area contributed by atoms with Crippen LogP contribution in [-0.2, 0) is 9.47 Å². The van der Waals surface area contributed by atoms with Crippen molar-refractivity contribution in [2.24, 2.45) is 0 Å². The maximum absolute atomic E-state index is 5.22. The van der Waals surface area contributed by atoms with Crippen LogP contribution in [0.4, 0.5) is 0 Å². The molecule has 66 valence electrons. The maximum Gasteiger partial charge on any atom is 0.172 e. The number of hydrogen-bond acceptors (Lipinski definition) is 3. The van der Waals surface area contributed by atoms with Gasteiger partial charge in [0, 0.05) is 6.08 Å². The summed E-state index contributed by atoms with van der Waals surface area (Å²) in [6, 6.07) is 3.59. The van der Waals surface area contributed by atoms with Crippen molar-refractivity contribution in [1.29, 1.82) is 0 Å². The molecule has 0 aliphatic carbocycles. The van der Waals surface area contributed by atoms with Gasteiger partial charge in [0.15, 0.2) is 11.5 Å². The summed E-state index contributed by atoms with van der Waals surface area (Å²) < 4.78 is 15.4. The topological polar surface area (TPSA) is 31.6 Å². The SMILES string of the molecule is C=C1C=C(c2ccco2)OC=CO1. The molecule has 0 fully saturated rings. The van der Waals surface area contributed by atoms with Crippen molar-refractivity contribution < 1.29 is 13.9 Å². The molecule has 3 nitrogen and oxygen atoms in total. The van der Waals surface area contributed by atoms with Crippen molar-refractivity contribution in [3.05, 3.63) is 55.1 Å². The highest BCUT2D eigenvalue weighted by molar-refractivity contribution is 5.58. The van der Waals surface area contributed by atoms with Gasteiger partial charge in [0.05, 0.1) is 6.26 Å². The van der Waals surface area contributed by atoms with Gasteiger partial charge in [0.1, 0.15) is 18.3 Å². The maximum atomic E-state index is 5.22. The molecule has 1 aromatic rings. The monoisotopic (exact) mass is 176 g/mol. The summed E-state index contributed by atoms with van der Waals surface area (Å²) in [7, 11) is 0. The third-order valence-electron chi connectivity index (χ3n) is 1.53. The second kappa shape index (κ2) is 3.23. The van der Waals surface area contributed by atoms with Crippen LogP contribution in [0.5, 0.6) is 0 Å². The Bertz CT molecular complexity index is 358. The summed E-state index contributed by atoms with van der Waals surface area (Å²) in [4.78, 5) is 0. The fraction of sp³-hybridized carbons (Fsp3) is 0. The molecule has 0 atom stereocenters. The Morgan fingerprint density at radius 2 is 2.00 bits per heavy atom. The van der Waals surface area contributed by atoms with Gasteiger partial charge in [-0.2, -0.15) is 0 Å². The Hall–Kier alpha value is -1.90. The third-order valence-corrected chi connectivity index (χ3v) is 1.53. The van der Waals surface area contributed by atoms with E-state index in [2.05, 4.69) is 6.58 Å². The molecule has 3 heteroatoms. The van der Waals surface area contributed by atoms with Gasteiger partial charge in [-0.05, 0) is 12.1 Å². The minimum atomic E-state index is 0.514. The lowest BCUT2D eigenvalue weighted by Gasteiger charge is -1.99. The first-order valence-electron chi connectivity index (χ1n) is 3.79. The molecule has 0 amide bonds. The highest BCUT2D eigenvalue weighted by Gasteiger charge is 2.07. The first-order chi connectivity index (χ1) is 6.36. The van der Waals surface area contributed by atoms with E-state index >= 15 is 0 Å². The molecule has 0 aromatic carbocycles. The summed E-state index contributed by atoms with van der Waals surface area (Å²) in [6.07, 6.45) is 6.11. The van der Waals surface area contributed by atoms with Gasteiger partial charge >= 0.3 is 0 Å². The predicted molar refractivity (Wildman–Crippen MR) is 47.1 cm³/mol. The van der Waals surface area contributed by atoms with Crippen molar-refractivity contribution in [3.8, 4) is 0 Å². The van der Waals surface area contributed by atoms with E-state index < -0.39 is 0 Å². The van der Waals surface area contributed by atoms with Crippen LogP contribution in [0.2, 0.25) is 0 Å². The van der Waals surface area contributed by atoms with Crippen LogP contribution in [0.25, 0.3) is 5.76 Å². The average Bonchev–Trinajstić information content (AvgIpc) is 2.56. The van der Waals surface area contributed by atoms with E-state index in [1.54, 1.807) is 24.5 Å². The summed E-state index contributed by atoms with van der Waals surface area (Å²) in [5.41, 5.74) is 0. The van der Waals surface area contributed by atoms with Crippen LogP contribution in [-0.4, -0.2) is 0 Å². The van der Waals surface area contributed by atoms with Gasteiger partial charge < -0.3 is 13.9 Å². The number of ether oxygens (including phenoxy) is 2. The largest absolute Gasteiger partial charge is 0.462 e. The summed E-state index contributed by atoms with van der Waals surface area (Å²) in [5.74, 6) is 1.75. The van der Waals surface area contributed by atoms with Crippen LogP contribution in [0.15, 0.2) is 53.8 Å². The van der Waals surface area contributed by atoms with Gasteiger partial charge in [-0.1, -0.05) is 6.58 Å². The Morgan fingerprint density at radius 1 is 1.15 bits per heavy atom. The van der Waals surface area contributed by atoms with E-state index in [9.17, 15) is 0 Å². The third kappa shape index (κ3) is 1.64. The Labute approximate surface area is 75.6 Å². The highest BCUT2D eigenvalue weighted by Crippen LogP contribution is 2.20. The van der Waals surface area contributed by atoms with E-state index in [1.165, 1.54) is 12.5 Å². The van der Waals surface area contributed by atoms with Gasteiger partial charge in [0.25, 0.3) is 0 Å². The van der Waals surface area contributed by atoms with Gasteiger partial charge in [-0.15, -0.1) is 0 Å². The molecule has 1 aliphatic heterocycles. The fourth-order valence-electron chi connectivity index (χ4n) is 0.978. The zero-order valence-corrected chi connectivity index (χ0v) is 6.90. The number of furan rings is 1. The molecule has 0 spiro atoms. The fourth-order valence-corrected chi connectivity index (χ4v) is 0.978. The van der Waals surface area contributed by atoms with E-state index in [1.807, 2.05) is 0 Å². The molecule has 1 aliphatic rings. The van der Waals surface area contributed by atoms with Crippen LogP contribution in [0, 0.1) is 0 Å². The molecule has 2 heterocycles. The zero-order chi connectivity index (χ0) is 9.10. The molecule has 0 radical (unpaired) electrons. The lowest BCUT2D eigenvalue weighted by atomic mass is 10.3. The molecular formula is C10H8O3. The van der Waals surface area contributed by atoms with Crippen LogP contribution >= 0.6 is 0 Å². The van der Waals surface area contributed by atoms with E-state index in [-0.39, 0.29) is 0 Å². The van der Waals surface area contributed by atoms with Gasteiger partial charge in [-0.3, -0.25) is 0 Å². The van der Waals surface area contributed by atoms with Crippen molar-refractivity contribution >= 4 is 5.76 Å². The Kier molecular flexibility index (Phi) is 1.92.